The van der Waals surface area contributed by atoms with Gasteiger partial charge in [-0.2, -0.15) is 0 Å². The molecule has 0 aliphatic heterocycles. The van der Waals surface area contributed by atoms with E-state index in [1.54, 1.807) is 0 Å². The van der Waals surface area contributed by atoms with Crippen molar-refractivity contribution in [2.24, 2.45) is 0 Å². The molecule has 0 unspecified atom stereocenters. The zero-order chi connectivity index (χ0) is 15.4. The van der Waals surface area contributed by atoms with Gasteiger partial charge in [-0.25, -0.2) is 8.78 Å². The molecule has 0 bridgehead atoms. The van der Waals surface area contributed by atoms with Crippen molar-refractivity contribution in [1.29, 1.82) is 0 Å². The van der Waals surface area contributed by atoms with E-state index in [1.807, 2.05) is 24.3 Å². The van der Waals surface area contributed by atoms with Crippen molar-refractivity contribution in [3.63, 3.8) is 0 Å². The van der Waals surface area contributed by atoms with Crippen molar-refractivity contribution in [2.75, 3.05) is 10.6 Å². The minimum Gasteiger partial charge on any atom is -0.332 e. The molecular weight excluding hydrogens is 290 g/mol. The summed E-state index contributed by atoms with van der Waals surface area (Å²) in [4.78, 5) is 0. The number of hydrogen-bond acceptors (Lipinski definition) is 1. The van der Waals surface area contributed by atoms with E-state index in [2.05, 4.69) is 24.5 Å². The smallest absolute Gasteiger partial charge is 0.175 e. The Kier molecular flexibility index (Phi) is 4.85. The fraction of sp³-hybridized carbons (Fsp3) is 0.188. The summed E-state index contributed by atoms with van der Waals surface area (Å²) in [6.07, 6.45) is 0. The summed E-state index contributed by atoms with van der Waals surface area (Å²) in [5.41, 5.74) is 2.01. The molecule has 0 atom stereocenters. The molecule has 0 saturated carbocycles. The first-order valence-electron chi connectivity index (χ1n) is 6.58. The number of nitrogens with one attached hydrogen (secondary N) is 2. The monoisotopic (exact) mass is 306 g/mol. The molecule has 0 aliphatic rings. The minimum absolute atomic E-state index is 0.00583. The summed E-state index contributed by atoms with van der Waals surface area (Å²) in [5.74, 6) is -0.635. The number of anilines is 2. The van der Waals surface area contributed by atoms with Crippen molar-refractivity contribution in [3.8, 4) is 0 Å². The van der Waals surface area contributed by atoms with Gasteiger partial charge in [0.15, 0.2) is 5.11 Å². The number of hydrogen-bond donors (Lipinski definition) is 2. The predicted molar refractivity (Wildman–Crippen MR) is 86.7 cm³/mol. The van der Waals surface area contributed by atoms with Crippen LogP contribution in [0.4, 0.5) is 20.2 Å². The fourth-order valence-corrected chi connectivity index (χ4v) is 2.06. The second kappa shape index (κ2) is 6.63. The highest BCUT2D eigenvalue weighted by Gasteiger charge is 2.06. The maximum Gasteiger partial charge on any atom is 0.175 e. The van der Waals surface area contributed by atoms with E-state index in [-0.39, 0.29) is 10.8 Å². The molecule has 0 amide bonds. The molecule has 0 heterocycles. The van der Waals surface area contributed by atoms with E-state index in [0.29, 0.717) is 5.92 Å². The van der Waals surface area contributed by atoms with Crippen LogP contribution in [-0.2, 0) is 0 Å². The van der Waals surface area contributed by atoms with Crippen LogP contribution in [0.3, 0.4) is 0 Å². The van der Waals surface area contributed by atoms with Crippen LogP contribution in [-0.4, -0.2) is 5.11 Å². The van der Waals surface area contributed by atoms with Crippen LogP contribution in [0, 0.1) is 11.6 Å². The van der Waals surface area contributed by atoms with Crippen LogP contribution in [0.5, 0.6) is 0 Å². The molecule has 0 spiro atoms. The molecule has 2 aromatic carbocycles. The van der Waals surface area contributed by atoms with Crippen LogP contribution >= 0.6 is 12.2 Å². The average Bonchev–Trinajstić information content (AvgIpc) is 2.43. The summed E-state index contributed by atoms with van der Waals surface area (Å²) >= 11 is 5.09. The highest BCUT2D eigenvalue weighted by molar-refractivity contribution is 7.80. The normalized spacial score (nSPS) is 10.5. The van der Waals surface area contributed by atoms with Gasteiger partial charge in [-0.15, -0.1) is 0 Å². The van der Waals surface area contributed by atoms with Crippen molar-refractivity contribution < 1.29 is 8.78 Å². The number of thiocarbonyl (C=S) groups is 1. The Morgan fingerprint density at radius 3 is 2.29 bits per heavy atom. The van der Waals surface area contributed by atoms with E-state index in [4.69, 9.17) is 12.2 Å². The van der Waals surface area contributed by atoms with Crippen LogP contribution in [0.15, 0.2) is 42.5 Å². The van der Waals surface area contributed by atoms with Crippen molar-refractivity contribution in [1.82, 2.24) is 0 Å². The lowest BCUT2D eigenvalue weighted by Gasteiger charge is -2.12. The van der Waals surface area contributed by atoms with Gasteiger partial charge in [0.05, 0.1) is 5.69 Å². The van der Waals surface area contributed by atoms with Crippen LogP contribution in [0.2, 0.25) is 0 Å². The zero-order valence-corrected chi connectivity index (χ0v) is 12.6. The van der Waals surface area contributed by atoms with E-state index in [9.17, 15) is 8.78 Å². The van der Waals surface area contributed by atoms with Crippen LogP contribution in [0.1, 0.15) is 25.3 Å². The third-order valence-electron chi connectivity index (χ3n) is 3.01. The van der Waals surface area contributed by atoms with Gasteiger partial charge in [0, 0.05) is 11.8 Å². The van der Waals surface area contributed by atoms with Gasteiger partial charge < -0.3 is 10.6 Å². The summed E-state index contributed by atoms with van der Waals surface area (Å²) in [6.45, 7) is 4.22. The zero-order valence-electron chi connectivity index (χ0n) is 11.8. The molecule has 2 nitrogen and oxygen atoms in total. The number of rotatable bonds is 3. The van der Waals surface area contributed by atoms with Gasteiger partial charge in [0.25, 0.3) is 0 Å². The van der Waals surface area contributed by atoms with Gasteiger partial charge >= 0.3 is 0 Å². The Morgan fingerprint density at radius 1 is 1.00 bits per heavy atom. The third-order valence-corrected chi connectivity index (χ3v) is 3.22. The highest BCUT2D eigenvalue weighted by atomic mass is 32.1. The van der Waals surface area contributed by atoms with Gasteiger partial charge in [-0.1, -0.05) is 26.0 Å². The molecule has 0 fully saturated rings. The first kappa shape index (κ1) is 15.4. The first-order valence-corrected chi connectivity index (χ1v) is 6.99. The number of halogens is 2. The summed E-state index contributed by atoms with van der Waals surface area (Å²) < 4.78 is 26.6. The maximum absolute atomic E-state index is 13.5. The largest absolute Gasteiger partial charge is 0.332 e. The Morgan fingerprint density at radius 2 is 1.67 bits per heavy atom. The Balaban J connectivity index is 2.03. The Bertz CT molecular complexity index is 639. The predicted octanol–water partition coefficient (Wildman–Crippen LogP) is 4.90. The lowest BCUT2D eigenvalue weighted by Crippen LogP contribution is -2.19. The lowest BCUT2D eigenvalue weighted by molar-refractivity contribution is 0.604. The number of benzene rings is 2. The van der Waals surface area contributed by atoms with Crippen LogP contribution in [0.25, 0.3) is 0 Å². The van der Waals surface area contributed by atoms with Gasteiger partial charge in [-0.05, 0) is 48.0 Å². The molecule has 21 heavy (non-hydrogen) atoms. The van der Waals surface area contributed by atoms with E-state index < -0.39 is 11.6 Å². The summed E-state index contributed by atoms with van der Waals surface area (Å²) in [5, 5.41) is 5.78. The standard InChI is InChI=1S/C16H16F2N2S/c1-10(2)11-3-6-13(7-4-11)19-16(21)20-15-9-12(17)5-8-14(15)18/h3-10H,1-2H3,(H2,19,20,21). The molecule has 2 rings (SSSR count). The van der Waals surface area contributed by atoms with Crippen molar-refractivity contribution in [2.45, 2.75) is 19.8 Å². The van der Waals surface area contributed by atoms with Crippen molar-refractivity contribution in [3.05, 3.63) is 59.7 Å². The minimum atomic E-state index is -0.560. The van der Waals surface area contributed by atoms with Gasteiger partial charge in [0.1, 0.15) is 11.6 Å². The maximum atomic E-state index is 13.5. The third kappa shape index (κ3) is 4.23. The highest BCUT2D eigenvalue weighted by Crippen LogP contribution is 2.18. The fourth-order valence-electron chi connectivity index (χ4n) is 1.83. The quantitative estimate of drug-likeness (QED) is 0.789. The van der Waals surface area contributed by atoms with E-state index in [1.165, 1.54) is 5.56 Å². The second-order valence-electron chi connectivity index (χ2n) is 4.98. The van der Waals surface area contributed by atoms with Crippen molar-refractivity contribution >= 4 is 28.7 Å². The molecule has 2 aromatic rings. The van der Waals surface area contributed by atoms with Crippen LogP contribution < -0.4 is 10.6 Å². The Hall–Kier alpha value is -2.01. The SMILES string of the molecule is CC(C)c1ccc(NC(=S)Nc2cc(F)ccc2F)cc1. The van der Waals surface area contributed by atoms with Gasteiger partial charge in [0.2, 0.25) is 0 Å². The molecule has 110 valence electrons. The Labute approximate surface area is 128 Å². The van der Waals surface area contributed by atoms with E-state index in [0.717, 1.165) is 23.9 Å². The second-order valence-corrected chi connectivity index (χ2v) is 5.39. The molecule has 0 aromatic heterocycles. The molecule has 5 heteroatoms. The first-order chi connectivity index (χ1) is 9.95. The molecule has 0 aliphatic carbocycles. The molecule has 0 radical (unpaired) electrons. The molecule has 0 saturated heterocycles. The molecular formula is C16H16F2N2S. The van der Waals surface area contributed by atoms with Gasteiger partial charge in [-0.3, -0.25) is 0 Å². The van der Waals surface area contributed by atoms with E-state index >= 15 is 0 Å². The summed E-state index contributed by atoms with van der Waals surface area (Å²) in [7, 11) is 0. The lowest BCUT2D eigenvalue weighted by atomic mass is 10.0. The average molecular weight is 306 g/mol. The topological polar surface area (TPSA) is 24.1 Å². The molecule has 2 N–H and O–H groups in total. The summed E-state index contributed by atoms with van der Waals surface area (Å²) in [6, 6.07) is 11.0.